The number of carbonyl (C=O) groups is 1. The minimum atomic E-state index is -1.15. The number of aromatic carboxylic acids is 1. The van der Waals surface area contributed by atoms with Crippen LogP contribution in [-0.4, -0.2) is 53.9 Å². The van der Waals surface area contributed by atoms with Gasteiger partial charge in [-0.05, 0) is 270 Å². The predicted molar refractivity (Wildman–Crippen MR) is 399 cm³/mol. The summed E-state index contributed by atoms with van der Waals surface area (Å²) in [6, 6.07) is 12.6. The molecule has 0 bridgehead atoms. The van der Waals surface area contributed by atoms with Crippen molar-refractivity contribution in [2.24, 2.45) is 0 Å². The van der Waals surface area contributed by atoms with E-state index in [4.69, 9.17) is 4.74 Å². The number of ether oxygens (including phenoxy) is 1. The number of allylic oxidation sites excluding steroid dienone is 16. The van der Waals surface area contributed by atoms with E-state index in [1.807, 2.05) is 19.1 Å². The summed E-state index contributed by atoms with van der Waals surface area (Å²) in [7, 11) is 1.68. The van der Waals surface area contributed by atoms with Crippen LogP contribution >= 0.6 is 0 Å². The average Bonchev–Trinajstić information content (AvgIpc) is 0.856. The number of carboxylic acids is 1. The maximum Gasteiger partial charge on any atom is 0.339 e. The van der Waals surface area contributed by atoms with Gasteiger partial charge in [-0.1, -0.05) is 166 Å². The minimum Gasteiger partial charge on any atom is -0.508 e. The van der Waals surface area contributed by atoms with Crippen molar-refractivity contribution < 1.29 is 50.4 Å². The van der Waals surface area contributed by atoms with E-state index in [1.165, 1.54) is 70.8 Å². The molecule has 4 aromatic rings. The second kappa shape index (κ2) is 48.4. The van der Waals surface area contributed by atoms with E-state index in [2.05, 4.69) is 152 Å². The van der Waals surface area contributed by atoms with Crippen molar-refractivity contribution in [1.29, 1.82) is 0 Å². The summed E-state index contributed by atoms with van der Waals surface area (Å²) < 4.78 is 5.52. The van der Waals surface area contributed by atoms with Crippen molar-refractivity contribution >= 4 is 5.97 Å². The number of rotatable bonds is 36. The highest BCUT2D eigenvalue weighted by Gasteiger charge is 2.22. The smallest absolute Gasteiger partial charge is 0.339 e. The average molecular weight is 1300 g/mol. The minimum absolute atomic E-state index is 0.0349. The Hall–Kier alpha value is -7.33. The molecule has 0 fully saturated rings. The van der Waals surface area contributed by atoms with Gasteiger partial charge in [-0.15, -0.1) is 0 Å². The third-order valence-electron chi connectivity index (χ3n) is 16.4. The first-order chi connectivity index (χ1) is 44.6. The second-order valence-corrected chi connectivity index (χ2v) is 26.5. The standard InChI is InChI=1S/C22H32O4.C22H34O2.C21H32O2.C19H28O2/c1-5-6-7-11-17-14-19(23)18(21(24)20(17)22(25)26)13-12-16(4)10-8-9-15(2)3;1-6-7-8-12-19-15-21(23)20(22(16-19)24-5)14-13-18(4)11-9-10-17(2)3;1-5-6-7-11-18-14-20(22)19(21(23)15-18)13-12-17(4)10-8-9-16(2)3;1-5-7-16-12-18(20)17(19(21)13-16)11-10-15(4)9-6-8-14(2)3/h9,12,14,23-24H,5-8,10-11,13H2,1-4H3,(H,25,26);10,13,15-16,23H,6-9,11-12,14H2,1-5H3;9,12,14-15,22-23H,5-8,10-11,13H2,1-4H3;8,10,12-13,20-21H,5-7,9,11H2,1-4H3/b16-12+;18-13+;17-12+;15-10+. The number of carboxylic acid groups (broad SMARTS) is 1. The summed E-state index contributed by atoms with van der Waals surface area (Å²) in [4.78, 5) is 11.6. The quantitative estimate of drug-likeness (QED) is 0.0161. The van der Waals surface area contributed by atoms with E-state index in [9.17, 15) is 45.6 Å². The Kier molecular flexibility index (Phi) is 43.6. The zero-order valence-electron chi connectivity index (χ0n) is 61.4. The molecule has 0 aromatic heterocycles. The molecule has 0 radical (unpaired) electrons. The highest BCUT2D eigenvalue weighted by molar-refractivity contribution is 5.93. The molecule has 0 saturated carbocycles. The van der Waals surface area contributed by atoms with E-state index in [0.29, 0.717) is 54.5 Å². The molecular weight excluding hydrogens is 1170 g/mol. The van der Waals surface area contributed by atoms with Crippen LogP contribution in [-0.2, 0) is 51.4 Å². The molecule has 0 aliphatic heterocycles. The lowest BCUT2D eigenvalue weighted by molar-refractivity contribution is 0.0692. The Morgan fingerprint density at radius 3 is 0.979 bits per heavy atom. The fourth-order valence-electron chi connectivity index (χ4n) is 10.6. The summed E-state index contributed by atoms with van der Waals surface area (Å²) in [5.41, 5.74) is 16.4. The molecule has 0 aliphatic rings. The van der Waals surface area contributed by atoms with Gasteiger partial charge in [0.25, 0.3) is 0 Å². The van der Waals surface area contributed by atoms with Gasteiger partial charge in [0.2, 0.25) is 0 Å². The van der Waals surface area contributed by atoms with Crippen LogP contribution in [0.15, 0.2) is 136 Å². The highest BCUT2D eigenvalue weighted by Crippen LogP contribution is 2.37. The van der Waals surface area contributed by atoms with Gasteiger partial charge in [0.05, 0.1) is 7.11 Å². The molecule has 4 rings (SSSR count). The number of hydrogen-bond donors (Lipinski definition) is 8. The molecule has 0 atom stereocenters. The maximum atomic E-state index is 11.6. The number of methoxy groups -OCH3 is 1. The van der Waals surface area contributed by atoms with Crippen molar-refractivity contribution in [2.45, 2.75) is 278 Å². The monoisotopic (exact) mass is 1290 g/mol. The zero-order chi connectivity index (χ0) is 70.7. The summed E-state index contributed by atoms with van der Waals surface area (Å²) in [6.45, 7) is 33.7. The molecule has 0 amide bonds. The van der Waals surface area contributed by atoms with Crippen LogP contribution in [0.5, 0.6) is 46.0 Å². The first-order valence-corrected chi connectivity index (χ1v) is 35.0. The zero-order valence-corrected chi connectivity index (χ0v) is 61.4. The second-order valence-electron chi connectivity index (χ2n) is 26.5. The van der Waals surface area contributed by atoms with E-state index >= 15 is 0 Å². The molecule has 0 aliphatic carbocycles. The Morgan fingerprint density at radius 1 is 0.362 bits per heavy atom. The highest BCUT2D eigenvalue weighted by atomic mass is 16.5. The van der Waals surface area contributed by atoms with Gasteiger partial charge >= 0.3 is 5.97 Å². The lowest BCUT2D eigenvalue weighted by atomic mass is 9.95. The van der Waals surface area contributed by atoms with Crippen molar-refractivity contribution in [2.75, 3.05) is 7.11 Å². The molecule has 522 valence electrons. The molecule has 0 saturated heterocycles. The molecule has 0 spiro atoms. The van der Waals surface area contributed by atoms with Crippen LogP contribution in [0.25, 0.3) is 0 Å². The normalized spacial score (nSPS) is 11.5. The molecule has 94 heavy (non-hydrogen) atoms. The van der Waals surface area contributed by atoms with E-state index in [-0.39, 0.29) is 45.6 Å². The molecule has 0 heterocycles. The predicted octanol–water partition coefficient (Wildman–Crippen LogP) is 23.5. The van der Waals surface area contributed by atoms with Crippen molar-refractivity contribution in [1.82, 2.24) is 0 Å². The number of benzene rings is 4. The largest absolute Gasteiger partial charge is 0.508 e. The van der Waals surface area contributed by atoms with Crippen LogP contribution in [0.2, 0.25) is 0 Å². The number of unbranched alkanes of at least 4 members (excludes halogenated alkanes) is 6. The van der Waals surface area contributed by atoms with Crippen molar-refractivity contribution in [3.63, 3.8) is 0 Å². The van der Waals surface area contributed by atoms with Gasteiger partial charge in [-0.25, -0.2) is 4.79 Å². The van der Waals surface area contributed by atoms with Crippen molar-refractivity contribution in [3.05, 3.63) is 186 Å². The van der Waals surface area contributed by atoms with Gasteiger partial charge < -0.3 is 45.6 Å². The number of hydrogen-bond acceptors (Lipinski definition) is 9. The number of aromatic hydroxyl groups is 7. The van der Waals surface area contributed by atoms with Crippen molar-refractivity contribution in [3.8, 4) is 46.0 Å². The molecule has 10 heteroatoms. The third kappa shape index (κ3) is 35.8. The molecule has 10 nitrogen and oxygen atoms in total. The SMILES string of the molecule is CCCCCc1cc(O)c(C/C=C(\C)CCC=C(C)C)c(O)c1.CCCCCc1cc(O)c(C/C=C(\C)CCC=C(C)C)c(O)c1C(=O)O.CCCCCc1cc(O)c(C/C=C(\C)CCC=C(C)C)c(OC)c1.CCCc1cc(O)c(C/C=C(\C)CCC=C(C)C)c(O)c1. The Labute approximate surface area is 570 Å². The van der Waals surface area contributed by atoms with Crippen LogP contribution in [0.3, 0.4) is 0 Å². The number of phenolic OH excluding ortho intramolecular Hbond substituents is 6. The third-order valence-corrected chi connectivity index (χ3v) is 16.4. The van der Waals surface area contributed by atoms with Gasteiger partial charge in [0, 0.05) is 22.3 Å². The molecule has 0 unspecified atom stereocenters. The van der Waals surface area contributed by atoms with Gasteiger partial charge in [0.15, 0.2) is 0 Å². The summed E-state index contributed by atoms with van der Waals surface area (Å²) in [5, 5.41) is 81.2. The molecular formula is C84H126O10. The number of phenols is 7. The van der Waals surface area contributed by atoms with Crippen LogP contribution in [0.4, 0.5) is 0 Å². The topological polar surface area (TPSA) is 188 Å². The Balaban J connectivity index is 0.000000628. The number of aryl methyl sites for hydroxylation is 4. The first kappa shape index (κ1) is 84.7. The first-order valence-electron chi connectivity index (χ1n) is 35.0. The lowest BCUT2D eigenvalue weighted by Gasteiger charge is -2.14. The fourth-order valence-corrected chi connectivity index (χ4v) is 10.6. The molecule has 8 N–H and O–H groups in total. The summed E-state index contributed by atoms with van der Waals surface area (Å²) >= 11 is 0. The lowest BCUT2D eigenvalue weighted by Crippen LogP contribution is -2.05. The van der Waals surface area contributed by atoms with E-state index in [1.54, 1.807) is 31.4 Å². The van der Waals surface area contributed by atoms with E-state index < -0.39 is 5.97 Å². The summed E-state index contributed by atoms with van der Waals surface area (Å²) in [5.74, 6) is 0.488. The van der Waals surface area contributed by atoms with Crippen LogP contribution in [0, 0.1) is 0 Å². The Bertz CT molecular complexity index is 3110. The van der Waals surface area contributed by atoms with Gasteiger partial charge in [-0.3, -0.25) is 0 Å². The van der Waals surface area contributed by atoms with Crippen LogP contribution < -0.4 is 4.74 Å². The van der Waals surface area contributed by atoms with Crippen LogP contribution in [0.1, 0.15) is 281 Å². The summed E-state index contributed by atoms with van der Waals surface area (Å²) in [6.07, 6.45) is 41.7. The maximum absolute atomic E-state index is 11.6. The van der Waals surface area contributed by atoms with E-state index in [0.717, 1.165) is 143 Å². The van der Waals surface area contributed by atoms with Gasteiger partial charge in [-0.2, -0.15) is 0 Å². The van der Waals surface area contributed by atoms with Gasteiger partial charge in [0.1, 0.15) is 51.6 Å². The molecule has 4 aromatic carbocycles. The Morgan fingerprint density at radius 2 is 0.660 bits per heavy atom. The fraction of sp³-hybridized carbons (Fsp3) is 0.512.